The van der Waals surface area contributed by atoms with Crippen LogP contribution in [0.2, 0.25) is 0 Å². The Balaban J connectivity index is 2.17. The van der Waals surface area contributed by atoms with E-state index in [1.807, 2.05) is 19.1 Å². The van der Waals surface area contributed by atoms with Crippen LogP contribution in [0, 0.1) is 17.0 Å². The molecule has 0 fully saturated rings. The van der Waals surface area contributed by atoms with Gasteiger partial charge in [0, 0.05) is 22.2 Å². The molecule has 0 saturated carbocycles. The summed E-state index contributed by atoms with van der Waals surface area (Å²) >= 11 is 3.37. The monoisotopic (exact) mass is 334 g/mol. The zero-order valence-corrected chi connectivity index (χ0v) is 12.2. The number of nitrogens with one attached hydrogen (secondary N) is 1. The number of carbonyl (C=O) groups is 1. The number of benzene rings is 2. The number of amides is 1. The molecule has 0 unspecified atom stereocenters. The molecule has 0 spiro atoms. The minimum absolute atomic E-state index is 0.0435. The van der Waals surface area contributed by atoms with Gasteiger partial charge >= 0.3 is 0 Å². The van der Waals surface area contributed by atoms with Crippen molar-refractivity contribution >= 4 is 33.2 Å². The third-order valence-corrected chi connectivity index (χ3v) is 3.37. The number of aryl methyl sites for hydroxylation is 1. The molecular formula is C14H11BrN2O3. The highest BCUT2D eigenvalue weighted by atomic mass is 79.9. The van der Waals surface area contributed by atoms with E-state index in [4.69, 9.17) is 0 Å². The topological polar surface area (TPSA) is 72.2 Å². The van der Waals surface area contributed by atoms with Gasteiger partial charge in [-0.3, -0.25) is 14.9 Å². The van der Waals surface area contributed by atoms with Gasteiger partial charge < -0.3 is 5.32 Å². The molecule has 2 rings (SSSR count). The van der Waals surface area contributed by atoms with E-state index >= 15 is 0 Å². The summed E-state index contributed by atoms with van der Waals surface area (Å²) in [6.07, 6.45) is 0. The van der Waals surface area contributed by atoms with Crippen molar-refractivity contribution < 1.29 is 9.72 Å². The Morgan fingerprint density at radius 2 is 1.85 bits per heavy atom. The lowest BCUT2D eigenvalue weighted by molar-refractivity contribution is -0.384. The second-order valence-electron chi connectivity index (χ2n) is 4.24. The molecule has 0 saturated heterocycles. The second kappa shape index (κ2) is 5.83. The van der Waals surface area contributed by atoms with Crippen LogP contribution in [0.3, 0.4) is 0 Å². The molecule has 0 atom stereocenters. The Labute approximate surface area is 123 Å². The normalized spacial score (nSPS) is 10.1. The molecule has 1 amide bonds. The molecule has 2 aromatic carbocycles. The van der Waals surface area contributed by atoms with Gasteiger partial charge in [-0.05, 0) is 52.7 Å². The van der Waals surface area contributed by atoms with Crippen LogP contribution in [-0.4, -0.2) is 10.8 Å². The first-order chi connectivity index (χ1) is 9.47. The molecule has 2 aromatic rings. The number of carbonyl (C=O) groups excluding carboxylic acids is 1. The van der Waals surface area contributed by atoms with Gasteiger partial charge in [0.1, 0.15) is 0 Å². The standard InChI is InChI=1S/C14H11BrN2O3/c1-9-2-7-13(12(15)8-9)16-14(18)10-3-5-11(6-4-10)17(19)20/h2-8H,1H3,(H,16,18). The lowest BCUT2D eigenvalue weighted by Crippen LogP contribution is -2.12. The number of non-ortho nitro benzene ring substituents is 1. The highest BCUT2D eigenvalue weighted by molar-refractivity contribution is 9.10. The average Bonchev–Trinajstić information content (AvgIpc) is 2.42. The maximum atomic E-state index is 12.0. The number of hydrogen-bond donors (Lipinski definition) is 1. The van der Waals surface area contributed by atoms with E-state index in [0.717, 1.165) is 10.0 Å². The first kappa shape index (κ1) is 14.2. The summed E-state index contributed by atoms with van der Waals surface area (Å²) in [5, 5.41) is 13.3. The Bertz CT molecular complexity index is 669. The zero-order valence-electron chi connectivity index (χ0n) is 10.6. The quantitative estimate of drug-likeness (QED) is 0.683. The van der Waals surface area contributed by atoms with E-state index in [1.54, 1.807) is 6.07 Å². The van der Waals surface area contributed by atoms with Crippen LogP contribution >= 0.6 is 15.9 Å². The van der Waals surface area contributed by atoms with E-state index in [9.17, 15) is 14.9 Å². The van der Waals surface area contributed by atoms with Crippen molar-refractivity contribution in [2.24, 2.45) is 0 Å². The van der Waals surface area contributed by atoms with E-state index < -0.39 is 4.92 Å². The van der Waals surface area contributed by atoms with Crippen molar-refractivity contribution in [1.29, 1.82) is 0 Å². The third-order valence-electron chi connectivity index (χ3n) is 2.71. The number of nitro groups is 1. The van der Waals surface area contributed by atoms with Gasteiger partial charge in [0.05, 0.1) is 10.6 Å². The minimum Gasteiger partial charge on any atom is -0.321 e. The van der Waals surface area contributed by atoms with Gasteiger partial charge in [-0.15, -0.1) is 0 Å². The highest BCUT2D eigenvalue weighted by Crippen LogP contribution is 2.24. The first-order valence-corrected chi connectivity index (χ1v) is 6.58. The van der Waals surface area contributed by atoms with Crippen molar-refractivity contribution in [3.05, 3.63) is 68.2 Å². The lowest BCUT2D eigenvalue weighted by atomic mass is 10.2. The Morgan fingerprint density at radius 1 is 1.20 bits per heavy atom. The summed E-state index contributed by atoms with van der Waals surface area (Å²) < 4.78 is 0.785. The van der Waals surface area contributed by atoms with Gasteiger partial charge in [0.2, 0.25) is 0 Å². The van der Waals surface area contributed by atoms with E-state index in [1.165, 1.54) is 24.3 Å². The number of rotatable bonds is 3. The summed E-state index contributed by atoms with van der Waals surface area (Å²) in [4.78, 5) is 22.1. The molecule has 0 radical (unpaired) electrons. The molecule has 6 heteroatoms. The minimum atomic E-state index is -0.502. The van der Waals surface area contributed by atoms with E-state index in [-0.39, 0.29) is 11.6 Å². The van der Waals surface area contributed by atoms with Crippen molar-refractivity contribution in [3.8, 4) is 0 Å². The largest absolute Gasteiger partial charge is 0.321 e. The summed E-state index contributed by atoms with van der Waals surface area (Å²) in [6.45, 7) is 1.95. The maximum absolute atomic E-state index is 12.0. The number of hydrogen-bond acceptors (Lipinski definition) is 3. The Kier molecular flexibility index (Phi) is 4.14. The van der Waals surface area contributed by atoms with Crippen LogP contribution in [0.4, 0.5) is 11.4 Å². The van der Waals surface area contributed by atoms with E-state index in [0.29, 0.717) is 11.3 Å². The Hall–Kier alpha value is -2.21. The summed E-state index contributed by atoms with van der Waals surface area (Å²) in [5.74, 6) is -0.315. The number of anilines is 1. The summed E-state index contributed by atoms with van der Waals surface area (Å²) in [6, 6.07) is 11.0. The molecule has 0 aromatic heterocycles. The van der Waals surface area contributed by atoms with Crippen LogP contribution < -0.4 is 5.32 Å². The molecule has 1 N–H and O–H groups in total. The number of nitrogens with zero attached hydrogens (tertiary/aromatic N) is 1. The highest BCUT2D eigenvalue weighted by Gasteiger charge is 2.10. The SMILES string of the molecule is Cc1ccc(NC(=O)c2ccc([N+](=O)[O-])cc2)c(Br)c1. The fraction of sp³-hybridized carbons (Fsp3) is 0.0714. The van der Waals surface area contributed by atoms with E-state index in [2.05, 4.69) is 21.2 Å². The van der Waals surface area contributed by atoms with Crippen molar-refractivity contribution in [3.63, 3.8) is 0 Å². The smallest absolute Gasteiger partial charge is 0.269 e. The van der Waals surface area contributed by atoms with Crippen LogP contribution in [0.25, 0.3) is 0 Å². The molecule has 0 aliphatic carbocycles. The van der Waals surface area contributed by atoms with Crippen LogP contribution in [0.15, 0.2) is 46.9 Å². The van der Waals surface area contributed by atoms with Crippen LogP contribution in [0.5, 0.6) is 0 Å². The van der Waals surface area contributed by atoms with Gasteiger partial charge in [0.25, 0.3) is 11.6 Å². The number of halogens is 1. The van der Waals surface area contributed by atoms with Crippen molar-refractivity contribution in [1.82, 2.24) is 0 Å². The summed E-state index contributed by atoms with van der Waals surface area (Å²) in [5.41, 5.74) is 2.05. The first-order valence-electron chi connectivity index (χ1n) is 5.79. The molecule has 0 aliphatic rings. The van der Waals surface area contributed by atoms with Gasteiger partial charge in [0.15, 0.2) is 0 Å². The predicted molar refractivity (Wildman–Crippen MR) is 79.9 cm³/mol. The molecule has 20 heavy (non-hydrogen) atoms. The predicted octanol–water partition coefficient (Wildman–Crippen LogP) is 3.92. The van der Waals surface area contributed by atoms with Gasteiger partial charge in [-0.1, -0.05) is 6.07 Å². The third kappa shape index (κ3) is 3.21. The fourth-order valence-electron chi connectivity index (χ4n) is 1.65. The van der Waals surface area contributed by atoms with Crippen molar-refractivity contribution in [2.45, 2.75) is 6.92 Å². The molecule has 102 valence electrons. The molecule has 0 aliphatic heterocycles. The summed E-state index contributed by atoms with van der Waals surface area (Å²) in [7, 11) is 0. The molecule has 0 bridgehead atoms. The fourth-order valence-corrected chi connectivity index (χ4v) is 2.24. The average molecular weight is 335 g/mol. The number of nitro benzene ring substituents is 1. The van der Waals surface area contributed by atoms with Crippen LogP contribution in [0.1, 0.15) is 15.9 Å². The van der Waals surface area contributed by atoms with Gasteiger partial charge in [-0.2, -0.15) is 0 Å². The van der Waals surface area contributed by atoms with Crippen LogP contribution in [-0.2, 0) is 0 Å². The maximum Gasteiger partial charge on any atom is 0.269 e. The lowest BCUT2D eigenvalue weighted by Gasteiger charge is -2.08. The Morgan fingerprint density at radius 3 is 2.40 bits per heavy atom. The molecule has 0 heterocycles. The zero-order chi connectivity index (χ0) is 14.7. The molecule has 5 nitrogen and oxygen atoms in total. The van der Waals surface area contributed by atoms with Gasteiger partial charge in [-0.25, -0.2) is 0 Å². The molecular weight excluding hydrogens is 324 g/mol. The van der Waals surface area contributed by atoms with Crippen molar-refractivity contribution in [2.75, 3.05) is 5.32 Å². The second-order valence-corrected chi connectivity index (χ2v) is 5.10.